The van der Waals surface area contributed by atoms with Crippen LogP contribution in [0.1, 0.15) is 18.1 Å². The zero-order valence-corrected chi connectivity index (χ0v) is 21.0. The largest absolute Gasteiger partial charge is 0.452 e. The molecule has 0 saturated carbocycles. The third-order valence-corrected chi connectivity index (χ3v) is 6.16. The molecule has 0 radical (unpaired) electrons. The number of nitrogens with one attached hydrogen (secondary N) is 1. The molecule has 0 saturated heterocycles. The lowest BCUT2D eigenvalue weighted by atomic mass is 10.1. The summed E-state index contributed by atoms with van der Waals surface area (Å²) in [5.74, 6) is -2.67. The first kappa shape index (κ1) is 26.6. The van der Waals surface area contributed by atoms with E-state index in [4.69, 9.17) is 26.2 Å². The van der Waals surface area contributed by atoms with E-state index in [0.717, 1.165) is 17.1 Å². The Balaban J connectivity index is 1.74. The molecule has 9 nitrogen and oxygen atoms in total. The Hall–Kier alpha value is -3.41. The normalized spacial score (nSPS) is 15.0. The average molecular weight is 537 g/mol. The summed E-state index contributed by atoms with van der Waals surface area (Å²) in [6.07, 6.45) is -0.980. The summed E-state index contributed by atoms with van der Waals surface area (Å²) in [6.45, 7) is 0.922. The monoisotopic (exact) mass is 536 g/mol. The van der Waals surface area contributed by atoms with Gasteiger partial charge >= 0.3 is 5.69 Å². The summed E-state index contributed by atoms with van der Waals surface area (Å²) in [4.78, 5) is 28.1. The molecule has 1 aromatic heterocycles. The van der Waals surface area contributed by atoms with Gasteiger partial charge in [0.1, 0.15) is 17.3 Å². The van der Waals surface area contributed by atoms with Gasteiger partial charge in [-0.15, -0.1) is 0 Å². The van der Waals surface area contributed by atoms with Crippen LogP contribution in [0.25, 0.3) is 0 Å². The average Bonchev–Trinajstić information content (AvgIpc) is 3.21. The minimum atomic E-state index is -3.07. The molecule has 12 heteroatoms. The summed E-state index contributed by atoms with van der Waals surface area (Å²) < 4.78 is 41.4. The van der Waals surface area contributed by atoms with Crippen LogP contribution >= 0.6 is 11.6 Å². The molecular formula is C25H27ClF2N4O5. The Labute approximate surface area is 216 Å². The van der Waals surface area contributed by atoms with E-state index >= 15 is 0 Å². The molecule has 4 rings (SSSR count). The van der Waals surface area contributed by atoms with Gasteiger partial charge in [0.25, 0.3) is 17.8 Å². The van der Waals surface area contributed by atoms with Gasteiger partial charge in [0.15, 0.2) is 0 Å². The zero-order valence-electron chi connectivity index (χ0n) is 20.3. The van der Waals surface area contributed by atoms with Gasteiger partial charge in [-0.05, 0) is 29.8 Å². The maximum absolute atomic E-state index is 13.9. The number of aliphatic hydroxyl groups excluding tert-OH is 1. The molecule has 3 aromatic rings. The molecule has 0 fully saturated rings. The van der Waals surface area contributed by atoms with Gasteiger partial charge in [0.05, 0.1) is 26.4 Å². The highest BCUT2D eigenvalue weighted by Crippen LogP contribution is 2.34. The second kappa shape index (κ2) is 10.9. The van der Waals surface area contributed by atoms with Gasteiger partial charge in [-0.2, -0.15) is 0 Å². The van der Waals surface area contributed by atoms with Crippen molar-refractivity contribution in [2.45, 2.75) is 32.3 Å². The summed E-state index contributed by atoms with van der Waals surface area (Å²) in [5.41, 5.74) is -0.369. The van der Waals surface area contributed by atoms with E-state index in [0.29, 0.717) is 5.02 Å². The number of fused-ring (bicyclic) bond motifs is 1. The van der Waals surface area contributed by atoms with E-state index in [1.54, 1.807) is 29.2 Å². The molecular weight excluding hydrogens is 510 g/mol. The van der Waals surface area contributed by atoms with E-state index in [1.807, 2.05) is 0 Å². The Morgan fingerprint density at radius 2 is 1.86 bits per heavy atom. The van der Waals surface area contributed by atoms with Crippen molar-refractivity contribution in [3.63, 3.8) is 0 Å². The molecule has 0 aliphatic carbocycles. The standard InChI is InChI=1S/C25H27ClF2N4O5/c1-25(27,28)17-4-3-5-19(14-17)37-23-29-21-20(32(23)15-16-6-8-18(26)9-7-16)22(34)31(24(35)30(21)2)10-12-36-13-11-33/h3-9,14,23,29,33H,10-13,15H2,1-2H3. The van der Waals surface area contributed by atoms with Crippen LogP contribution in [0.4, 0.5) is 20.3 Å². The molecule has 1 atom stereocenters. The van der Waals surface area contributed by atoms with Gasteiger partial charge in [0.2, 0.25) is 0 Å². The summed E-state index contributed by atoms with van der Waals surface area (Å²) >= 11 is 6.02. The van der Waals surface area contributed by atoms with Crippen LogP contribution in [0.5, 0.6) is 5.75 Å². The second-order valence-electron chi connectivity index (χ2n) is 8.62. The number of rotatable bonds is 10. The van der Waals surface area contributed by atoms with E-state index < -0.39 is 23.5 Å². The van der Waals surface area contributed by atoms with Crippen LogP contribution in [-0.2, 0) is 30.8 Å². The Morgan fingerprint density at radius 1 is 1.14 bits per heavy atom. The van der Waals surface area contributed by atoms with Gasteiger partial charge in [-0.25, -0.2) is 13.6 Å². The molecule has 37 heavy (non-hydrogen) atoms. The minimum absolute atomic E-state index is 0.0211. The third-order valence-electron chi connectivity index (χ3n) is 5.91. The molecule has 2 heterocycles. The Kier molecular flexibility index (Phi) is 7.86. The van der Waals surface area contributed by atoms with Gasteiger partial charge in [0, 0.05) is 31.1 Å². The quantitative estimate of drug-likeness (QED) is 0.384. The third kappa shape index (κ3) is 5.79. The number of hydrogen-bond donors (Lipinski definition) is 2. The van der Waals surface area contributed by atoms with Crippen molar-refractivity contribution in [1.82, 2.24) is 9.13 Å². The fourth-order valence-electron chi connectivity index (χ4n) is 4.02. The number of alkyl halides is 2. The van der Waals surface area contributed by atoms with E-state index in [9.17, 15) is 18.4 Å². The molecule has 1 aliphatic rings. The van der Waals surface area contributed by atoms with Crippen molar-refractivity contribution >= 4 is 23.1 Å². The smallest absolute Gasteiger partial charge is 0.332 e. The fraction of sp³-hybridized carbons (Fsp3) is 0.360. The number of anilines is 2. The number of aromatic nitrogens is 2. The summed E-state index contributed by atoms with van der Waals surface area (Å²) in [5, 5.41) is 12.5. The van der Waals surface area contributed by atoms with Crippen LogP contribution in [0, 0.1) is 0 Å². The molecule has 0 bridgehead atoms. The van der Waals surface area contributed by atoms with E-state index in [2.05, 4.69) is 5.32 Å². The number of nitrogens with zero attached hydrogens (tertiary/aromatic N) is 3. The number of benzene rings is 2. The lowest BCUT2D eigenvalue weighted by molar-refractivity contribution is 0.0171. The highest BCUT2D eigenvalue weighted by atomic mass is 35.5. The lowest BCUT2D eigenvalue weighted by Gasteiger charge is -2.27. The van der Waals surface area contributed by atoms with Crippen LogP contribution in [0.3, 0.4) is 0 Å². The predicted octanol–water partition coefficient (Wildman–Crippen LogP) is 3.12. The van der Waals surface area contributed by atoms with Crippen molar-refractivity contribution in [3.8, 4) is 5.75 Å². The van der Waals surface area contributed by atoms with Crippen LogP contribution < -0.4 is 26.2 Å². The molecule has 1 aliphatic heterocycles. The van der Waals surface area contributed by atoms with Crippen LogP contribution in [-0.4, -0.2) is 40.4 Å². The summed E-state index contributed by atoms with van der Waals surface area (Å²) in [6, 6.07) is 12.5. The zero-order chi connectivity index (χ0) is 26.7. The van der Waals surface area contributed by atoms with Gasteiger partial charge in [-0.1, -0.05) is 35.9 Å². The lowest BCUT2D eigenvalue weighted by Crippen LogP contribution is -2.44. The van der Waals surface area contributed by atoms with Crippen molar-refractivity contribution in [3.05, 3.63) is 85.5 Å². The van der Waals surface area contributed by atoms with Crippen LogP contribution in [0.15, 0.2) is 58.1 Å². The van der Waals surface area contributed by atoms with Crippen molar-refractivity contribution in [2.24, 2.45) is 7.05 Å². The predicted molar refractivity (Wildman–Crippen MR) is 136 cm³/mol. The first-order valence-electron chi connectivity index (χ1n) is 11.5. The molecule has 0 amide bonds. The van der Waals surface area contributed by atoms with Crippen molar-refractivity contribution in [2.75, 3.05) is 30.0 Å². The highest BCUT2D eigenvalue weighted by Gasteiger charge is 2.37. The molecule has 0 spiro atoms. The summed E-state index contributed by atoms with van der Waals surface area (Å²) in [7, 11) is 1.51. The van der Waals surface area contributed by atoms with E-state index in [1.165, 1.54) is 35.9 Å². The van der Waals surface area contributed by atoms with Crippen molar-refractivity contribution in [1.29, 1.82) is 0 Å². The molecule has 2 aromatic carbocycles. The van der Waals surface area contributed by atoms with Gasteiger partial charge in [-0.3, -0.25) is 13.9 Å². The number of aliphatic hydroxyl groups is 1. The Bertz CT molecular complexity index is 1370. The first-order valence-corrected chi connectivity index (χ1v) is 11.9. The van der Waals surface area contributed by atoms with Crippen LogP contribution in [0.2, 0.25) is 5.02 Å². The Morgan fingerprint density at radius 3 is 2.54 bits per heavy atom. The maximum atomic E-state index is 13.9. The number of hydrogen-bond acceptors (Lipinski definition) is 7. The molecule has 1 unspecified atom stereocenters. The first-order chi connectivity index (χ1) is 17.6. The second-order valence-corrected chi connectivity index (χ2v) is 9.05. The fourth-order valence-corrected chi connectivity index (χ4v) is 4.15. The van der Waals surface area contributed by atoms with E-state index in [-0.39, 0.29) is 55.7 Å². The SMILES string of the molecule is Cn1c2c(c(=O)n(CCOCCO)c1=O)N(Cc1ccc(Cl)cc1)C(Oc1cccc(C(C)(F)F)c1)N2. The van der Waals surface area contributed by atoms with Gasteiger partial charge < -0.3 is 24.8 Å². The maximum Gasteiger partial charge on any atom is 0.332 e. The van der Waals surface area contributed by atoms with Crippen molar-refractivity contribution < 1.29 is 23.4 Å². The highest BCUT2D eigenvalue weighted by molar-refractivity contribution is 6.30. The number of ether oxygens (including phenoxy) is 2. The minimum Gasteiger partial charge on any atom is -0.452 e. The topological polar surface area (TPSA) is 98.0 Å². The molecule has 198 valence electrons. The number of halogens is 3. The molecule has 2 N–H and O–H groups in total.